The van der Waals surface area contributed by atoms with Crippen LogP contribution in [0.3, 0.4) is 0 Å². The summed E-state index contributed by atoms with van der Waals surface area (Å²) in [6.45, 7) is 4.24. The van der Waals surface area contributed by atoms with E-state index >= 15 is 0 Å². The quantitative estimate of drug-likeness (QED) is 0.722. The molecule has 0 saturated carbocycles. The van der Waals surface area contributed by atoms with Gasteiger partial charge in [-0.3, -0.25) is 9.69 Å². The molecule has 5 rings (SSSR count). The van der Waals surface area contributed by atoms with Gasteiger partial charge in [0.2, 0.25) is 6.79 Å². The minimum Gasteiger partial charge on any atom is -0.466 e. The summed E-state index contributed by atoms with van der Waals surface area (Å²) in [5.74, 6) is 1.45. The van der Waals surface area contributed by atoms with Crippen LogP contribution in [0.2, 0.25) is 0 Å². The summed E-state index contributed by atoms with van der Waals surface area (Å²) in [5, 5.41) is 0. The normalized spacial score (nSPS) is 26.5. The van der Waals surface area contributed by atoms with Gasteiger partial charge in [0.05, 0.1) is 12.5 Å². The van der Waals surface area contributed by atoms with Gasteiger partial charge >= 0.3 is 5.97 Å². The van der Waals surface area contributed by atoms with E-state index in [9.17, 15) is 4.79 Å². The molecule has 2 bridgehead atoms. The molecule has 0 aromatic heterocycles. The molecule has 0 amide bonds. The third-order valence-corrected chi connectivity index (χ3v) is 6.20. The predicted molar refractivity (Wildman–Crippen MR) is 110 cm³/mol. The van der Waals surface area contributed by atoms with Gasteiger partial charge in [-0.1, -0.05) is 42.5 Å². The van der Waals surface area contributed by atoms with Gasteiger partial charge in [-0.25, -0.2) is 0 Å². The first-order valence-electron chi connectivity index (χ1n) is 10.3. The summed E-state index contributed by atoms with van der Waals surface area (Å²) in [6, 6.07) is 14.6. The van der Waals surface area contributed by atoms with Crippen LogP contribution in [0, 0.1) is 5.92 Å². The molecule has 1 fully saturated rings. The van der Waals surface area contributed by atoms with Crippen LogP contribution in [0.5, 0.6) is 11.5 Å². The lowest BCUT2D eigenvalue weighted by atomic mass is 9.82. The van der Waals surface area contributed by atoms with Crippen molar-refractivity contribution in [1.82, 2.24) is 4.90 Å². The highest BCUT2D eigenvalue weighted by molar-refractivity contribution is 5.76. The maximum absolute atomic E-state index is 12.9. The number of esters is 1. The second-order valence-electron chi connectivity index (χ2n) is 7.83. The molecule has 3 heterocycles. The molecule has 0 aliphatic carbocycles. The van der Waals surface area contributed by atoms with E-state index in [2.05, 4.69) is 41.3 Å². The van der Waals surface area contributed by atoms with Crippen molar-refractivity contribution in [3.05, 3.63) is 65.2 Å². The number of benzene rings is 2. The van der Waals surface area contributed by atoms with Gasteiger partial charge in [-0.05, 0) is 42.2 Å². The zero-order chi connectivity index (χ0) is 19.8. The molecule has 3 aliphatic rings. The highest BCUT2D eigenvalue weighted by Crippen LogP contribution is 2.49. The predicted octanol–water partition coefficient (Wildman–Crippen LogP) is 3.98. The molecule has 150 valence electrons. The lowest BCUT2D eigenvalue weighted by molar-refractivity contribution is -0.149. The van der Waals surface area contributed by atoms with Crippen molar-refractivity contribution in [2.45, 2.75) is 31.8 Å². The monoisotopic (exact) mass is 391 g/mol. The molecular weight excluding hydrogens is 366 g/mol. The first kappa shape index (κ1) is 18.3. The van der Waals surface area contributed by atoms with Gasteiger partial charge in [-0.2, -0.15) is 0 Å². The third kappa shape index (κ3) is 3.29. The highest BCUT2D eigenvalue weighted by atomic mass is 16.7. The van der Waals surface area contributed by atoms with Crippen LogP contribution in [0.1, 0.15) is 36.0 Å². The van der Waals surface area contributed by atoms with E-state index in [0.29, 0.717) is 6.61 Å². The van der Waals surface area contributed by atoms with Gasteiger partial charge in [0, 0.05) is 25.0 Å². The smallest absolute Gasteiger partial charge is 0.311 e. The number of rotatable bonds is 5. The van der Waals surface area contributed by atoms with Crippen LogP contribution in [0.25, 0.3) is 6.08 Å². The third-order valence-electron chi connectivity index (χ3n) is 6.20. The second kappa shape index (κ2) is 7.56. The minimum absolute atomic E-state index is 0.0939. The Bertz CT molecular complexity index is 939. The number of carbonyl (C=O) groups is 1. The molecule has 0 radical (unpaired) electrons. The average molecular weight is 391 g/mol. The molecule has 5 heteroatoms. The standard InChI is InChI=1S/C24H25NO4/c1-2-27-24(26)23-19-14-25(20(23)10-6-9-16-7-4-3-5-8-16)13-17-11-21-22(12-18(17)19)29-15-28-21/h3-9,11-12,19-20,23H,2,10,13-15H2,1H3/b9-6+/t19-,20-,23+/m0/s1. The Labute approximate surface area is 170 Å². The molecule has 5 nitrogen and oxygen atoms in total. The summed E-state index contributed by atoms with van der Waals surface area (Å²) >= 11 is 0. The first-order chi connectivity index (χ1) is 14.2. The van der Waals surface area contributed by atoms with Crippen LogP contribution in [0.15, 0.2) is 48.5 Å². The zero-order valence-corrected chi connectivity index (χ0v) is 16.5. The fourth-order valence-electron chi connectivity index (χ4n) is 4.93. The molecule has 2 aromatic rings. The van der Waals surface area contributed by atoms with Crippen molar-refractivity contribution in [1.29, 1.82) is 0 Å². The number of hydrogen-bond acceptors (Lipinski definition) is 5. The highest BCUT2D eigenvalue weighted by Gasteiger charge is 2.50. The summed E-state index contributed by atoms with van der Waals surface area (Å²) in [7, 11) is 0. The van der Waals surface area contributed by atoms with E-state index < -0.39 is 0 Å². The summed E-state index contributed by atoms with van der Waals surface area (Å²) < 4.78 is 16.6. The van der Waals surface area contributed by atoms with Crippen LogP contribution in [-0.2, 0) is 16.1 Å². The molecule has 4 atom stereocenters. The van der Waals surface area contributed by atoms with E-state index in [0.717, 1.165) is 31.0 Å². The maximum atomic E-state index is 12.9. The Morgan fingerprint density at radius 2 is 2.00 bits per heavy atom. The van der Waals surface area contributed by atoms with E-state index in [1.807, 2.05) is 25.1 Å². The van der Waals surface area contributed by atoms with Gasteiger partial charge in [0.25, 0.3) is 0 Å². The Morgan fingerprint density at radius 1 is 1.21 bits per heavy atom. The number of hydrogen-bond donors (Lipinski definition) is 0. The van der Waals surface area contributed by atoms with Crippen molar-refractivity contribution < 1.29 is 19.0 Å². The van der Waals surface area contributed by atoms with Gasteiger partial charge in [0.15, 0.2) is 11.5 Å². The maximum Gasteiger partial charge on any atom is 0.311 e. The van der Waals surface area contributed by atoms with Crippen LogP contribution < -0.4 is 9.47 Å². The second-order valence-corrected chi connectivity index (χ2v) is 7.83. The van der Waals surface area contributed by atoms with E-state index in [1.54, 1.807) is 0 Å². The van der Waals surface area contributed by atoms with Crippen molar-refractivity contribution in [2.75, 3.05) is 19.9 Å². The van der Waals surface area contributed by atoms with Gasteiger partial charge in [0.1, 0.15) is 0 Å². The summed E-state index contributed by atoms with van der Waals surface area (Å²) in [6.07, 6.45) is 5.13. The van der Waals surface area contributed by atoms with Gasteiger partial charge in [-0.15, -0.1) is 0 Å². The lowest BCUT2D eigenvalue weighted by Gasteiger charge is -2.28. The Morgan fingerprint density at radius 3 is 2.79 bits per heavy atom. The number of fused-ring (bicyclic) bond motifs is 5. The van der Waals surface area contributed by atoms with Crippen LogP contribution in [-0.4, -0.2) is 36.9 Å². The molecule has 0 N–H and O–H groups in total. The zero-order valence-electron chi connectivity index (χ0n) is 16.5. The number of carbonyl (C=O) groups excluding carboxylic acids is 1. The SMILES string of the molecule is CCOC(=O)[C@@H]1[C@H]2CN(Cc3cc4c(cc32)OCO4)[C@H]1C/C=C/c1ccccc1. The Balaban J connectivity index is 1.44. The van der Waals surface area contributed by atoms with Crippen molar-refractivity contribution in [2.24, 2.45) is 5.92 Å². The van der Waals surface area contributed by atoms with E-state index in [4.69, 9.17) is 14.2 Å². The number of nitrogens with zero attached hydrogens (tertiary/aromatic N) is 1. The molecular formula is C24H25NO4. The Hall–Kier alpha value is -2.79. The fourth-order valence-corrected chi connectivity index (χ4v) is 4.93. The molecule has 3 aliphatic heterocycles. The fraction of sp³-hybridized carbons (Fsp3) is 0.375. The average Bonchev–Trinajstić information content (AvgIpc) is 3.30. The molecule has 2 aromatic carbocycles. The molecule has 29 heavy (non-hydrogen) atoms. The van der Waals surface area contributed by atoms with Crippen LogP contribution in [0.4, 0.5) is 0 Å². The number of ether oxygens (including phenoxy) is 3. The van der Waals surface area contributed by atoms with Crippen molar-refractivity contribution in [3.8, 4) is 11.5 Å². The van der Waals surface area contributed by atoms with Gasteiger partial charge < -0.3 is 14.2 Å². The minimum atomic E-state index is -0.169. The van der Waals surface area contributed by atoms with E-state index in [1.165, 1.54) is 16.7 Å². The van der Waals surface area contributed by atoms with Crippen molar-refractivity contribution >= 4 is 12.0 Å². The topological polar surface area (TPSA) is 48.0 Å². The Kier molecular flexibility index (Phi) is 4.76. The first-order valence-corrected chi connectivity index (χ1v) is 10.3. The molecule has 1 unspecified atom stereocenters. The van der Waals surface area contributed by atoms with Crippen LogP contribution >= 0.6 is 0 Å². The lowest BCUT2D eigenvalue weighted by Crippen LogP contribution is -2.35. The van der Waals surface area contributed by atoms with Crippen molar-refractivity contribution in [3.63, 3.8) is 0 Å². The largest absolute Gasteiger partial charge is 0.466 e. The summed E-state index contributed by atoms with van der Waals surface area (Å²) in [4.78, 5) is 15.4. The van der Waals surface area contributed by atoms with E-state index in [-0.39, 0.29) is 30.6 Å². The molecule has 0 spiro atoms. The molecule has 1 saturated heterocycles. The summed E-state index contributed by atoms with van der Waals surface area (Å²) in [5.41, 5.74) is 3.61.